The van der Waals surface area contributed by atoms with Crippen molar-refractivity contribution in [1.29, 1.82) is 0 Å². The highest BCUT2D eigenvalue weighted by Crippen LogP contribution is 2.51. The van der Waals surface area contributed by atoms with Crippen LogP contribution in [0.1, 0.15) is 64.7 Å². The van der Waals surface area contributed by atoms with E-state index in [1.807, 2.05) is 46.8 Å². The third-order valence-corrected chi connectivity index (χ3v) is 6.34. The Morgan fingerprint density at radius 2 is 1.65 bits per heavy atom. The second kappa shape index (κ2) is 10.1. The molecule has 2 aromatic carbocycles. The third-order valence-electron chi connectivity index (χ3n) is 6.34. The summed E-state index contributed by atoms with van der Waals surface area (Å²) in [4.78, 5) is 13.5. The number of fused-ring (bicyclic) bond motifs is 4. The molecular weight excluding hydrogens is 472 g/mol. The molecule has 0 amide bonds. The van der Waals surface area contributed by atoms with Crippen molar-refractivity contribution in [3.63, 3.8) is 0 Å². The molecular formula is C30H32O7. The predicted octanol–water partition coefficient (Wildman–Crippen LogP) is 6.92. The van der Waals surface area contributed by atoms with Crippen molar-refractivity contribution in [1.82, 2.24) is 0 Å². The minimum atomic E-state index is -0.878. The van der Waals surface area contributed by atoms with Crippen LogP contribution >= 0.6 is 0 Å². The number of phenols is 4. The smallest absolute Gasteiger partial charge is 0.239 e. The van der Waals surface area contributed by atoms with E-state index in [2.05, 4.69) is 6.08 Å². The van der Waals surface area contributed by atoms with Gasteiger partial charge in [0, 0.05) is 23.3 Å². The molecule has 7 nitrogen and oxygen atoms in total. The van der Waals surface area contributed by atoms with Crippen LogP contribution in [0.25, 0.3) is 22.3 Å². The molecule has 3 aromatic rings. The zero-order valence-electron chi connectivity index (χ0n) is 21.7. The quantitative estimate of drug-likeness (QED) is 0.212. The summed E-state index contributed by atoms with van der Waals surface area (Å²) in [5.74, 6) is -1.36. The van der Waals surface area contributed by atoms with Gasteiger partial charge in [0.15, 0.2) is 17.3 Å². The second-order valence-electron chi connectivity index (χ2n) is 9.98. The average molecular weight is 505 g/mol. The van der Waals surface area contributed by atoms with Gasteiger partial charge in [-0.05, 0) is 66.0 Å². The maximum Gasteiger partial charge on any atom is 0.239 e. The number of rotatable bonds is 6. The van der Waals surface area contributed by atoms with Gasteiger partial charge >= 0.3 is 0 Å². The fourth-order valence-corrected chi connectivity index (χ4v) is 4.46. The van der Waals surface area contributed by atoms with Gasteiger partial charge in [-0.25, -0.2) is 0 Å². The molecule has 0 fully saturated rings. The topological polar surface area (TPSA) is 120 Å². The van der Waals surface area contributed by atoms with E-state index >= 15 is 0 Å². The maximum atomic E-state index is 13.5. The number of aromatic hydroxyl groups is 4. The zero-order chi connectivity index (χ0) is 27.0. The molecule has 1 aromatic heterocycles. The summed E-state index contributed by atoms with van der Waals surface area (Å²) < 4.78 is 12.1. The van der Waals surface area contributed by atoms with Crippen molar-refractivity contribution in [3.05, 3.63) is 74.5 Å². The molecule has 1 atom stereocenters. The van der Waals surface area contributed by atoms with Gasteiger partial charge in [0.25, 0.3) is 0 Å². The summed E-state index contributed by atoms with van der Waals surface area (Å²) in [5, 5.41) is 42.2. The lowest BCUT2D eigenvalue weighted by atomic mass is 9.90. The van der Waals surface area contributed by atoms with Gasteiger partial charge in [0.1, 0.15) is 28.6 Å². The Morgan fingerprint density at radius 1 is 0.946 bits per heavy atom. The van der Waals surface area contributed by atoms with Crippen molar-refractivity contribution < 1.29 is 29.6 Å². The number of phenolic OH excluding ortho intramolecular Hbond substituents is 4. The molecule has 4 rings (SSSR count). The molecule has 1 aliphatic heterocycles. The van der Waals surface area contributed by atoms with E-state index in [0.29, 0.717) is 17.5 Å². The molecule has 0 aliphatic carbocycles. The highest BCUT2D eigenvalue weighted by molar-refractivity contribution is 5.89. The highest BCUT2D eigenvalue weighted by Gasteiger charge is 2.35. The molecule has 0 saturated heterocycles. The number of hydrogen-bond acceptors (Lipinski definition) is 7. The molecule has 37 heavy (non-hydrogen) atoms. The summed E-state index contributed by atoms with van der Waals surface area (Å²) in [6.07, 6.45) is 6.90. The van der Waals surface area contributed by atoms with Crippen molar-refractivity contribution in [2.75, 3.05) is 0 Å². The summed E-state index contributed by atoms with van der Waals surface area (Å²) in [5.41, 5.74) is 3.73. The number of allylic oxidation sites excluding steroid dienone is 5. The summed E-state index contributed by atoms with van der Waals surface area (Å²) in [7, 11) is 0. The molecule has 0 saturated carbocycles. The van der Waals surface area contributed by atoms with E-state index in [9.17, 15) is 25.2 Å². The van der Waals surface area contributed by atoms with Crippen LogP contribution in [0, 0.1) is 0 Å². The van der Waals surface area contributed by atoms with Gasteiger partial charge in [0.2, 0.25) is 11.2 Å². The first-order chi connectivity index (χ1) is 17.5. The molecule has 0 spiro atoms. The minimum Gasteiger partial charge on any atom is -0.508 e. The Kier molecular flexibility index (Phi) is 7.07. The minimum absolute atomic E-state index is 0.0268. The molecule has 4 N–H and O–H groups in total. The van der Waals surface area contributed by atoms with Crippen LogP contribution in [-0.2, 0) is 6.42 Å². The lowest BCUT2D eigenvalue weighted by Gasteiger charge is -2.28. The zero-order valence-corrected chi connectivity index (χ0v) is 21.7. The first-order valence-corrected chi connectivity index (χ1v) is 12.2. The Labute approximate surface area is 215 Å². The fourth-order valence-electron chi connectivity index (χ4n) is 4.46. The van der Waals surface area contributed by atoms with Crippen LogP contribution in [0.3, 0.4) is 0 Å². The van der Waals surface area contributed by atoms with Gasteiger partial charge in [-0.2, -0.15) is 0 Å². The molecule has 0 unspecified atom stereocenters. The maximum absolute atomic E-state index is 13.5. The predicted molar refractivity (Wildman–Crippen MR) is 144 cm³/mol. The van der Waals surface area contributed by atoms with Gasteiger partial charge in [-0.3, -0.25) is 4.79 Å². The largest absolute Gasteiger partial charge is 0.508 e. The van der Waals surface area contributed by atoms with E-state index in [0.717, 1.165) is 30.1 Å². The lowest BCUT2D eigenvalue weighted by Crippen LogP contribution is -2.19. The molecule has 0 bridgehead atoms. The van der Waals surface area contributed by atoms with Crippen molar-refractivity contribution in [2.45, 2.75) is 60.0 Å². The first kappa shape index (κ1) is 25.9. The normalized spacial score (nSPS) is 14.5. The Bertz CT molecular complexity index is 1530. The average Bonchev–Trinajstić information content (AvgIpc) is 2.80. The lowest BCUT2D eigenvalue weighted by molar-refractivity contribution is 0.233. The molecule has 194 valence electrons. The first-order valence-electron chi connectivity index (χ1n) is 12.2. The Balaban J connectivity index is 1.97. The van der Waals surface area contributed by atoms with E-state index < -0.39 is 17.3 Å². The summed E-state index contributed by atoms with van der Waals surface area (Å²) >= 11 is 0. The Hall–Kier alpha value is -4.13. The van der Waals surface area contributed by atoms with E-state index in [4.69, 9.17) is 9.15 Å². The molecule has 1 aliphatic rings. The molecule has 7 heteroatoms. The monoisotopic (exact) mass is 504 g/mol. The van der Waals surface area contributed by atoms with Gasteiger partial charge < -0.3 is 29.6 Å². The number of ether oxygens (including phenoxy) is 1. The van der Waals surface area contributed by atoms with Crippen LogP contribution in [0.15, 0.2) is 62.4 Å². The van der Waals surface area contributed by atoms with Crippen LogP contribution < -0.4 is 10.2 Å². The van der Waals surface area contributed by atoms with Crippen LogP contribution in [-0.4, -0.2) is 20.4 Å². The van der Waals surface area contributed by atoms with Gasteiger partial charge in [0.05, 0.1) is 5.56 Å². The SMILES string of the molecule is CC(C)=CCCC(C)=C[C@H]1Oc2c(oc3cc(O)cc(O)c3c2=O)-c2cc(CC=C(C)C)c(O)c(O)c21. The van der Waals surface area contributed by atoms with E-state index in [1.54, 1.807) is 6.07 Å². The number of benzene rings is 2. The van der Waals surface area contributed by atoms with Crippen molar-refractivity contribution >= 4 is 11.0 Å². The molecule has 2 heterocycles. The van der Waals surface area contributed by atoms with E-state index in [-0.39, 0.29) is 45.3 Å². The standard InChI is InChI=1S/C30H32O7/c1-15(2)7-6-8-17(5)11-22-24-20(12-18(10-9-16(3)4)26(33)27(24)34)29-30(37-22)28(35)25-21(32)13-19(31)14-23(25)36-29/h7,9,11-14,22,31-34H,6,8,10H2,1-5H3/t22-/m1/s1. The summed E-state index contributed by atoms with van der Waals surface area (Å²) in [6.45, 7) is 9.86. The fraction of sp³-hybridized carbons (Fsp3) is 0.300. The van der Waals surface area contributed by atoms with Gasteiger partial charge in [-0.1, -0.05) is 28.9 Å². The van der Waals surface area contributed by atoms with Crippen LogP contribution in [0.4, 0.5) is 0 Å². The summed E-state index contributed by atoms with van der Waals surface area (Å²) in [6, 6.07) is 3.98. The van der Waals surface area contributed by atoms with Gasteiger partial charge in [-0.15, -0.1) is 0 Å². The second-order valence-corrected chi connectivity index (χ2v) is 9.98. The van der Waals surface area contributed by atoms with Crippen molar-refractivity contribution in [3.8, 4) is 40.1 Å². The number of hydrogen-bond donors (Lipinski definition) is 4. The van der Waals surface area contributed by atoms with Crippen LogP contribution in [0.2, 0.25) is 0 Å². The van der Waals surface area contributed by atoms with Crippen LogP contribution in [0.5, 0.6) is 28.7 Å². The molecule has 0 radical (unpaired) electrons. The highest BCUT2D eigenvalue weighted by atomic mass is 16.5. The third kappa shape index (κ3) is 5.07. The van der Waals surface area contributed by atoms with Crippen molar-refractivity contribution in [2.24, 2.45) is 0 Å². The van der Waals surface area contributed by atoms with E-state index in [1.165, 1.54) is 11.6 Å². The Morgan fingerprint density at radius 3 is 2.32 bits per heavy atom.